The molecule has 3 heteroatoms. The number of fused-ring (bicyclic) bond motifs is 1. The van der Waals surface area contributed by atoms with Crippen molar-refractivity contribution in [3.8, 4) is 0 Å². The highest BCUT2D eigenvalue weighted by atomic mass is 35.5. The maximum atomic E-state index is 12.2. The second-order valence-electron chi connectivity index (χ2n) is 4.88. The average molecular weight is 285 g/mol. The highest BCUT2D eigenvalue weighted by Gasteiger charge is 2.13. The molecule has 0 unspecified atom stereocenters. The van der Waals surface area contributed by atoms with E-state index in [1.807, 2.05) is 37.3 Å². The third-order valence-electron chi connectivity index (χ3n) is 3.20. The first-order valence-corrected chi connectivity index (χ1v) is 6.77. The minimum Gasteiger partial charge on any atom is -0.453 e. The number of aryl methyl sites for hydroxylation is 1. The smallest absolute Gasteiger partial charge is 0.202 e. The van der Waals surface area contributed by atoms with E-state index in [0.717, 1.165) is 22.1 Å². The van der Waals surface area contributed by atoms with Crippen molar-refractivity contribution in [1.82, 2.24) is 0 Å². The molecular formula is C17H13ClO2. The van der Waals surface area contributed by atoms with Crippen LogP contribution in [-0.4, -0.2) is 5.78 Å². The van der Waals surface area contributed by atoms with Gasteiger partial charge in [0.1, 0.15) is 5.58 Å². The minimum atomic E-state index is -0.0406. The lowest BCUT2D eigenvalue weighted by Crippen LogP contribution is -2.01. The van der Waals surface area contributed by atoms with Crippen molar-refractivity contribution in [2.24, 2.45) is 0 Å². The summed E-state index contributed by atoms with van der Waals surface area (Å²) in [5.41, 5.74) is 2.77. The summed E-state index contributed by atoms with van der Waals surface area (Å²) < 4.78 is 5.60. The lowest BCUT2D eigenvalue weighted by Gasteiger charge is -1.99. The molecule has 2 aromatic carbocycles. The molecule has 0 saturated carbocycles. The summed E-state index contributed by atoms with van der Waals surface area (Å²) in [6, 6.07) is 15.0. The summed E-state index contributed by atoms with van der Waals surface area (Å²) in [6.07, 6.45) is 0.291. The first kappa shape index (κ1) is 12.9. The summed E-state index contributed by atoms with van der Waals surface area (Å²) in [5.74, 6) is 0.353. The fraction of sp³-hybridized carbons (Fsp3) is 0.118. The molecule has 100 valence electrons. The quantitative estimate of drug-likeness (QED) is 0.646. The maximum absolute atomic E-state index is 12.2. The second kappa shape index (κ2) is 5.14. The Morgan fingerprint density at radius 3 is 2.80 bits per heavy atom. The molecule has 3 rings (SSSR count). The van der Waals surface area contributed by atoms with E-state index in [-0.39, 0.29) is 5.78 Å². The predicted octanol–water partition coefficient (Wildman–Crippen LogP) is 4.82. The predicted molar refractivity (Wildman–Crippen MR) is 80.4 cm³/mol. The number of hydrogen-bond donors (Lipinski definition) is 0. The summed E-state index contributed by atoms with van der Waals surface area (Å²) in [4.78, 5) is 12.2. The van der Waals surface area contributed by atoms with Gasteiger partial charge in [-0.15, -0.1) is 0 Å². The van der Waals surface area contributed by atoms with Gasteiger partial charge in [-0.25, -0.2) is 0 Å². The van der Waals surface area contributed by atoms with Crippen molar-refractivity contribution in [2.75, 3.05) is 0 Å². The topological polar surface area (TPSA) is 30.2 Å². The Labute approximate surface area is 122 Å². The average Bonchev–Trinajstić information content (AvgIpc) is 2.81. The lowest BCUT2D eigenvalue weighted by molar-refractivity contribution is 0.0968. The molecule has 0 fully saturated rings. The molecule has 3 aromatic rings. The van der Waals surface area contributed by atoms with Gasteiger partial charge in [0.2, 0.25) is 5.78 Å². The summed E-state index contributed by atoms with van der Waals surface area (Å²) in [6.45, 7) is 2.01. The number of carbonyl (C=O) groups is 1. The Morgan fingerprint density at radius 2 is 2.00 bits per heavy atom. The standard InChI is InChI=1S/C17H13ClO2/c1-11-5-6-16-13(7-11)10-17(20-16)15(19)9-12-3-2-4-14(18)8-12/h2-8,10H,9H2,1H3. The van der Waals surface area contributed by atoms with Crippen molar-refractivity contribution in [1.29, 1.82) is 0 Å². The van der Waals surface area contributed by atoms with Crippen molar-refractivity contribution in [3.05, 3.63) is 70.4 Å². The fourth-order valence-electron chi connectivity index (χ4n) is 2.22. The summed E-state index contributed by atoms with van der Waals surface area (Å²) in [5, 5.41) is 1.59. The van der Waals surface area contributed by atoms with Gasteiger partial charge in [0.05, 0.1) is 0 Å². The molecule has 0 spiro atoms. The number of carbonyl (C=O) groups excluding carboxylic acids is 1. The number of rotatable bonds is 3. The SMILES string of the molecule is Cc1ccc2oc(C(=O)Cc3cccc(Cl)c3)cc2c1. The Kier molecular flexibility index (Phi) is 3.33. The van der Waals surface area contributed by atoms with Crippen molar-refractivity contribution >= 4 is 28.4 Å². The molecule has 0 atom stereocenters. The molecule has 0 bridgehead atoms. The molecular weight excluding hydrogens is 272 g/mol. The van der Waals surface area contributed by atoms with Crippen LogP contribution in [0.5, 0.6) is 0 Å². The molecule has 0 N–H and O–H groups in total. The number of ketones is 1. The van der Waals surface area contributed by atoms with E-state index in [2.05, 4.69) is 0 Å². The highest BCUT2D eigenvalue weighted by Crippen LogP contribution is 2.22. The first-order chi connectivity index (χ1) is 9.61. The zero-order valence-corrected chi connectivity index (χ0v) is 11.8. The zero-order valence-electron chi connectivity index (χ0n) is 11.0. The van der Waals surface area contributed by atoms with Gasteiger partial charge in [-0.2, -0.15) is 0 Å². The third kappa shape index (κ3) is 2.61. The van der Waals surface area contributed by atoms with E-state index in [9.17, 15) is 4.79 Å². The second-order valence-corrected chi connectivity index (χ2v) is 5.32. The zero-order chi connectivity index (χ0) is 14.1. The van der Waals surface area contributed by atoms with Gasteiger partial charge in [-0.3, -0.25) is 4.79 Å². The van der Waals surface area contributed by atoms with Gasteiger partial charge in [-0.05, 0) is 42.8 Å². The van der Waals surface area contributed by atoms with Crippen LogP contribution in [0.4, 0.5) is 0 Å². The molecule has 20 heavy (non-hydrogen) atoms. The van der Waals surface area contributed by atoms with Crippen molar-refractivity contribution in [3.63, 3.8) is 0 Å². The summed E-state index contributed by atoms with van der Waals surface area (Å²) >= 11 is 5.92. The molecule has 1 aromatic heterocycles. The van der Waals surface area contributed by atoms with Gasteiger partial charge in [-0.1, -0.05) is 35.4 Å². The van der Waals surface area contributed by atoms with Crippen LogP contribution in [0, 0.1) is 6.92 Å². The van der Waals surface area contributed by atoms with Gasteiger partial charge in [0.25, 0.3) is 0 Å². The fourth-order valence-corrected chi connectivity index (χ4v) is 2.43. The van der Waals surface area contributed by atoms with Crippen molar-refractivity contribution in [2.45, 2.75) is 13.3 Å². The number of furan rings is 1. The normalized spacial score (nSPS) is 10.9. The Balaban J connectivity index is 1.88. The largest absolute Gasteiger partial charge is 0.453 e. The first-order valence-electron chi connectivity index (χ1n) is 6.40. The molecule has 0 aliphatic heterocycles. The molecule has 0 saturated heterocycles. The van der Waals surface area contributed by atoms with Crippen LogP contribution in [0.2, 0.25) is 5.02 Å². The van der Waals surface area contributed by atoms with Crippen LogP contribution in [-0.2, 0) is 6.42 Å². The van der Waals surface area contributed by atoms with Crippen LogP contribution in [0.3, 0.4) is 0 Å². The van der Waals surface area contributed by atoms with Crippen LogP contribution in [0.25, 0.3) is 11.0 Å². The van der Waals surface area contributed by atoms with E-state index in [1.54, 1.807) is 18.2 Å². The Hall–Kier alpha value is -2.06. The molecule has 1 heterocycles. The van der Waals surface area contributed by atoms with Gasteiger partial charge < -0.3 is 4.42 Å². The number of hydrogen-bond acceptors (Lipinski definition) is 2. The van der Waals surface area contributed by atoms with E-state index in [0.29, 0.717) is 17.2 Å². The van der Waals surface area contributed by atoms with Crippen LogP contribution in [0.15, 0.2) is 52.9 Å². The maximum Gasteiger partial charge on any atom is 0.202 e. The Bertz CT molecular complexity index is 787. The van der Waals surface area contributed by atoms with Crippen LogP contribution < -0.4 is 0 Å². The van der Waals surface area contributed by atoms with Gasteiger partial charge >= 0.3 is 0 Å². The molecule has 0 aliphatic carbocycles. The monoisotopic (exact) mass is 284 g/mol. The highest BCUT2D eigenvalue weighted by molar-refractivity contribution is 6.30. The molecule has 0 radical (unpaired) electrons. The number of Topliss-reactive ketones (excluding diaryl/α,β-unsaturated/α-hetero) is 1. The lowest BCUT2D eigenvalue weighted by atomic mass is 10.1. The number of halogens is 1. The third-order valence-corrected chi connectivity index (χ3v) is 3.44. The summed E-state index contributed by atoms with van der Waals surface area (Å²) in [7, 11) is 0. The molecule has 2 nitrogen and oxygen atoms in total. The Morgan fingerprint density at radius 1 is 1.15 bits per heavy atom. The van der Waals surface area contributed by atoms with E-state index < -0.39 is 0 Å². The van der Waals surface area contributed by atoms with E-state index in [1.165, 1.54) is 0 Å². The van der Waals surface area contributed by atoms with Crippen LogP contribution >= 0.6 is 11.6 Å². The van der Waals surface area contributed by atoms with Crippen LogP contribution in [0.1, 0.15) is 21.7 Å². The van der Waals surface area contributed by atoms with E-state index >= 15 is 0 Å². The van der Waals surface area contributed by atoms with E-state index in [4.69, 9.17) is 16.0 Å². The van der Waals surface area contributed by atoms with Gasteiger partial charge in [0.15, 0.2) is 5.76 Å². The molecule has 0 amide bonds. The molecule has 0 aliphatic rings. The minimum absolute atomic E-state index is 0.0406. The number of benzene rings is 2. The van der Waals surface area contributed by atoms with Gasteiger partial charge in [0, 0.05) is 16.8 Å². The van der Waals surface area contributed by atoms with Crippen molar-refractivity contribution < 1.29 is 9.21 Å².